The monoisotopic (exact) mass is 506 g/mol. The second kappa shape index (κ2) is 15.6. The van der Waals surface area contributed by atoms with E-state index in [9.17, 15) is 4.79 Å². The number of hydrogen-bond donors (Lipinski definition) is 1. The van der Waals surface area contributed by atoms with Crippen LogP contribution in [0, 0.1) is 6.92 Å². The number of nitrogens with one attached hydrogen (secondary N) is 1. The Labute approximate surface area is 222 Å². The number of rotatable bonds is 9. The Morgan fingerprint density at radius 3 is 2.51 bits per heavy atom. The van der Waals surface area contributed by atoms with Crippen molar-refractivity contribution in [3.63, 3.8) is 0 Å². The zero-order chi connectivity index (χ0) is 27.2. The standard InChI is InChI=1S/C28H36N4O3.C2H6/c1-6-14-35-26(8-3)25(7-2)21(5)30-31-27-20(4)17-24(19-29-27)22-10-9-11-23(18-22)28(33)32-12-15-34-16-13-32;1-2/h7-11,17-19H,6,12-16H2,1-5H3,(H,29,31);1-2H3/b25-7-,26-8+,30-21+;. The van der Waals surface area contributed by atoms with E-state index < -0.39 is 0 Å². The second-order valence-electron chi connectivity index (χ2n) is 8.39. The van der Waals surface area contributed by atoms with Crippen LogP contribution < -0.4 is 5.43 Å². The predicted molar refractivity (Wildman–Crippen MR) is 153 cm³/mol. The Kier molecular flexibility index (Phi) is 12.6. The number of carbonyl (C=O) groups is 1. The quantitative estimate of drug-likeness (QED) is 0.179. The SMILES string of the molecule is C/C=C(C(=C/C)\OCCC)/C(C)=N/Nc1ncc(-c2cccc(C(=O)N3CCOCC3)c2)cc1C.CC. The topological polar surface area (TPSA) is 76.0 Å². The lowest BCUT2D eigenvalue weighted by molar-refractivity contribution is 0.0303. The fourth-order valence-corrected chi connectivity index (χ4v) is 3.89. The third-order valence-electron chi connectivity index (χ3n) is 5.82. The number of ether oxygens (including phenoxy) is 2. The molecule has 0 radical (unpaired) electrons. The normalized spacial score (nSPS) is 14.6. The van der Waals surface area contributed by atoms with Crippen molar-refractivity contribution in [1.82, 2.24) is 9.88 Å². The minimum atomic E-state index is 0.0335. The molecule has 0 bridgehead atoms. The Balaban J connectivity index is 0.00000235. The van der Waals surface area contributed by atoms with E-state index in [1.165, 1.54) is 0 Å². The van der Waals surface area contributed by atoms with Crippen molar-refractivity contribution in [3.05, 3.63) is 71.1 Å². The van der Waals surface area contributed by atoms with E-state index in [1.807, 2.05) is 82.9 Å². The first kappa shape index (κ1) is 29.8. The minimum absolute atomic E-state index is 0.0335. The molecule has 1 aliphatic rings. The molecule has 1 aromatic heterocycles. The molecule has 1 aliphatic heterocycles. The van der Waals surface area contributed by atoms with Gasteiger partial charge in [-0.1, -0.05) is 39.0 Å². The summed E-state index contributed by atoms with van der Waals surface area (Å²) in [5.74, 6) is 1.54. The van der Waals surface area contributed by atoms with Gasteiger partial charge in [0.05, 0.1) is 25.5 Å². The molecule has 1 saturated heterocycles. The van der Waals surface area contributed by atoms with Crippen LogP contribution in [-0.2, 0) is 9.47 Å². The molecule has 3 rings (SSSR count). The van der Waals surface area contributed by atoms with Crippen LogP contribution in [0.1, 0.15) is 63.9 Å². The number of aryl methyl sites for hydroxylation is 1. The van der Waals surface area contributed by atoms with Gasteiger partial charge >= 0.3 is 0 Å². The summed E-state index contributed by atoms with van der Waals surface area (Å²) in [6.45, 7) is 17.0. The van der Waals surface area contributed by atoms with Gasteiger partial charge in [0.1, 0.15) is 11.6 Å². The lowest BCUT2D eigenvalue weighted by Crippen LogP contribution is -2.40. The van der Waals surface area contributed by atoms with Crippen LogP contribution in [0.4, 0.5) is 5.82 Å². The van der Waals surface area contributed by atoms with Crippen molar-refractivity contribution < 1.29 is 14.3 Å². The van der Waals surface area contributed by atoms with Gasteiger partial charge in [0.25, 0.3) is 5.91 Å². The molecule has 0 saturated carbocycles. The first-order valence-electron chi connectivity index (χ1n) is 13.2. The molecular weight excluding hydrogens is 464 g/mol. The smallest absolute Gasteiger partial charge is 0.254 e. The summed E-state index contributed by atoms with van der Waals surface area (Å²) in [7, 11) is 0. The fourth-order valence-electron chi connectivity index (χ4n) is 3.89. The molecule has 1 amide bonds. The predicted octanol–water partition coefficient (Wildman–Crippen LogP) is 6.62. The van der Waals surface area contributed by atoms with Crippen molar-refractivity contribution in [1.29, 1.82) is 0 Å². The number of anilines is 1. The number of morpholine rings is 1. The van der Waals surface area contributed by atoms with E-state index in [2.05, 4.69) is 28.5 Å². The summed E-state index contributed by atoms with van der Waals surface area (Å²) in [6.07, 6.45) is 6.71. The van der Waals surface area contributed by atoms with Gasteiger partial charge in [0.2, 0.25) is 0 Å². The lowest BCUT2D eigenvalue weighted by Gasteiger charge is -2.27. The Hall–Kier alpha value is -3.45. The van der Waals surface area contributed by atoms with E-state index in [0.29, 0.717) is 44.3 Å². The molecule has 2 aromatic rings. The largest absolute Gasteiger partial charge is 0.493 e. The molecule has 0 atom stereocenters. The van der Waals surface area contributed by atoms with Crippen LogP contribution in [-0.4, -0.2) is 54.4 Å². The number of hydrogen-bond acceptors (Lipinski definition) is 6. The van der Waals surface area contributed by atoms with Gasteiger partial charge in [0, 0.05) is 36.0 Å². The summed E-state index contributed by atoms with van der Waals surface area (Å²) in [5, 5.41) is 4.55. The van der Waals surface area contributed by atoms with Gasteiger partial charge in [-0.3, -0.25) is 10.2 Å². The molecule has 7 nitrogen and oxygen atoms in total. The van der Waals surface area contributed by atoms with Crippen molar-refractivity contribution in [2.75, 3.05) is 38.3 Å². The average Bonchev–Trinajstić information content (AvgIpc) is 2.95. The third-order valence-corrected chi connectivity index (χ3v) is 5.82. The van der Waals surface area contributed by atoms with Crippen LogP contribution in [0.2, 0.25) is 0 Å². The Bertz CT molecular complexity index is 1120. The van der Waals surface area contributed by atoms with Crippen molar-refractivity contribution in [3.8, 4) is 11.1 Å². The number of benzene rings is 1. The summed E-state index contributed by atoms with van der Waals surface area (Å²) in [6, 6.07) is 9.75. The highest BCUT2D eigenvalue weighted by molar-refractivity contribution is 6.02. The van der Waals surface area contributed by atoms with Gasteiger partial charge in [-0.05, 0) is 69.5 Å². The number of pyridine rings is 1. The third kappa shape index (κ3) is 8.29. The van der Waals surface area contributed by atoms with Crippen LogP contribution in [0.3, 0.4) is 0 Å². The second-order valence-corrected chi connectivity index (χ2v) is 8.39. The van der Waals surface area contributed by atoms with Crippen molar-refractivity contribution in [2.24, 2.45) is 5.10 Å². The highest BCUT2D eigenvalue weighted by Gasteiger charge is 2.19. The molecular formula is C30H42N4O3. The van der Waals surface area contributed by atoms with E-state index in [-0.39, 0.29) is 5.91 Å². The zero-order valence-corrected chi connectivity index (χ0v) is 23.4. The maximum atomic E-state index is 12.9. The Morgan fingerprint density at radius 2 is 1.89 bits per heavy atom. The average molecular weight is 507 g/mol. The van der Waals surface area contributed by atoms with E-state index in [4.69, 9.17) is 9.47 Å². The van der Waals surface area contributed by atoms with Crippen molar-refractivity contribution >= 4 is 17.4 Å². The number of aromatic nitrogens is 1. The molecule has 0 aliphatic carbocycles. The summed E-state index contributed by atoms with van der Waals surface area (Å²) in [4.78, 5) is 19.3. The van der Waals surface area contributed by atoms with Crippen LogP contribution in [0.15, 0.2) is 65.1 Å². The highest BCUT2D eigenvalue weighted by atomic mass is 16.5. The van der Waals surface area contributed by atoms with Gasteiger partial charge in [-0.25, -0.2) is 4.98 Å². The summed E-state index contributed by atoms with van der Waals surface area (Å²) in [5.41, 5.74) is 8.39. The molecule has 0 spiro atoms. The van der Waals surface area contributed by atoms with Crippen LogP contribution >= 0.6 is 0 Å². The maximum absolute atomic E-state index is 12.9. The molecule has 1 N–H and O–H groups in total. The Morgan fingerprint density at radius 1 is 1.16 bits per heavy atom. The highest BCUT2D eigenvalue weighted by Crippen LogP contribution is 2.25. The van der Waals surface area contributed by atoms with Gasteiger partial charge in [-0.15, -0.1) is 0 Å². The number of hydrazone groups is 1. The number of nitrogens with zero attached hydrogens (tertiary/aromatic N) is 3. The minimum Gasteiger partial charge on any atom is -0.493 e. The lowest BCUT2D eigenvalue weighted by atomic mass is 10.0. The zero-order valence-electron chi connectivity index (χ0n) is 23.4. The molecule has 1 aromatic carbocycles. The molecule has 7 heteroatoms. The maximum Gasteiger partial charge on any atom is 0.254 e. The van der Waals surface area contributed by atoms with Crippen LogP contribution in [0.5, 0.6) is 0 Å². The van der Waals surface area contributed by atoms with E-state index in [0.717, 1.165) is 40.2 Å². The first-order valence-corrected chi connectivity index (χ1v) is 13.2. The molecule has 200 valence electrons. The number of amides is 1. The first-order chi connectivity index (χ1) is 18.0. The van der Waals surface area contributed by atoms with Gasteiger partial charge in [-0.2, -0.15) is 5.10 Å². The summed E-state index contributed by atoms with van der Waals surface area (Å²) < 4.78 is 11.2. The molecule has 37 heavy (non-hydrogen) atoms. The van der Waals surface area contributed by atoms with Gasteiger partial charge in [0.15, 0.2) is 0 Å². The molecule has 2 heterocycles. The molecule has 1 fully saturated rings. The molecule has 0 unspecified atom stereocenters. The van der Waals surface area contributed by atoms with Crippen LogP contribution in [0.25, 0.3) is 11.1 Å². The van der Waals surface area contributed by atoms with Gasteiger partial charge < -0.3 is 14.4 Å². The van der Waals surface area contributed by atoms with Crippen molar-refractivity contribution in [2.45, 2.75) is 54.9 Å². The number of carbonyl (C=O) groups excluding carboxylic acids is 1. The van der Waals surface area contributed by atoms with E-state index >= 15 is 0 Å². The summed E-state index contributed by atoms with van der Waals surface area (Å²) >= 11 is 0. The fraction of sp³-hybridized carbons (Fsp3) is 0.433. The number of allylic oxidation sites excluding steroid dienone is 3. The van der Waals surface area contributed by atoms with E-state index in [1.54, 1.807) is 6.20 Å².